The lowest BCUT2D eigenvalue weighted by atomic mass is 10.2. The maximum Gasteiger partial charge on any atom is 0.332 e. The minimum absolute atomic E-state index is 0.164. The summed E-state index contributed by atoms with van der Waals surface area (Å²) in [6, 6.07) is 9.36. The predicted octanol–water partition coefficient (Wildman–Crippen LogP) is 1.50. The number of benzene rings is 1. The third kappa shape index (κ3) is 5.32. The molecule has 88 valence electrons. The van der Waals surface area contributed by atoms with E-state index >= 15 is 0 Å². The topological polar surface area (TPSA) is 55.4 Å². The average Bonchev–Trinajstić information content (AvgIpc) is 2.37. The fraction of sp³-hybridized carbons (Fsp3) is 0.0769. The number of ether oxygens (including phenoxy) is 1. The van der Waals surface area contributed by atoms with Crippen molar-refractivity contribution in [3.05, 3.63) is 54.6 Å². The van der Waals surface area contributed by atoms with Gasteiger partial charge in [-0.2, -0.15) is 0 Å². The van der Waals surface area contributed by atoms with Gasteiger partial charge in [0.2, 0.25) is 5.91 Å². The Morgan fingerprint density at radius 3 is 2.65 bits per heavy atom. The normalized spacial score (nSPS) is 9.88. The first-order valence-corrected chi connectivity index (χ1v) is 5.02. The fourth-order valence-corrected chi connectivity index (χ4v) is 1.03. The highest BCUT2D eigenvalue weighted by Crippen LogP contribution is 2.00. The van der Waals surface area contributed by atoms with E-state index in [4.69, 9.17) is 4.74 Å². The molecule has 0 saturated heterocycles. The molecule has 0 bridgehead atoms. The molecular formula is C13H13NO3. The van der Waals surface area contributed by atoms with E-state index in [0.29, 0.717) is 0 Å². The van der Waals surface area contributed by atoms with E-state index in [1.54, 1.807) is 6.08 Å². The van der Waals surface area contributed by atoms with Gasteiger partial charge in [-0.05, 0) is 17.7 Å². The zero-order valence-electron chi connectivity index (χ0n) is 9.26. The van der Waals surface area contributed by atoms with E-state index < -0.39 is 5.97 Å². The zero-order valence-corrected chi connectivity index (χ0v) is 9.26. The highest BCUT2D eigenvalue weighted by atomic mass is 16.5. The summed E-state index contributed by atoms with van der Waals surface area (Å²) < 4.78 is 4.73. The molecule has 0 aliphatic carbocycles. The third-order valence-electron chi connectivity index (χ3n) is 1.86. The molecule has 0 aliphatic rings. The Morgan fingerprint density at radius 2 is 2.00 bits per heavy atom. The minimum atomic E-state index is -0.516. The summed E-state index contributed by atoms with van der Waals surface area (Å²) in [6.45, 7) is 3.10. The summed E-state index contributed by atoms with van der Waals surface area (Å²) in [5.74, 6) is -0.900. The van der Waals surface area contributed by atoms with Crippen molar-refractivity contribution in [3.8, 4) is 0 Å². The summed E-state index contributed by atoms with van der Waals surface area (Å²) >= 11 is 0. The molecule has 1 amide bonds. The number of carbonyl (C=O) groups is 2. The second kappa shape index (κ2) is 7.00. The Balaban J connectivity index is 2.32. The quantitative estimate of drug-likeness (QED) is 0.474. The standard InChI is InChI=1S/C13H13NO3/c1-2-12(15)14-10-17-13(16)9-8-11-6-4-3-5-7-11/h2-9H,1,10H2,(H,14,15). The predicted molar refractivity (Wildman–Crippen MR) is 64.8 cm³/mol. The second-order valence-corrected chi connectivity index (χ2v) is 3.10. The van der Waals surface area contributed by atoms with Crippen molar-refractivity contribution in [2.45, 2.75) is 0 Å². The molecule has 0 radical (unpaired) electrons. The zero-order chi connectivity index (χ0) is 12.5. The Morgan fingerprint density at radius 1 is 1.29 bits per heavy atom. The van der Waals surface area contributed by atoms with Gasteiger partial charge >= 0.3 is 5.97 Å². The third-order valence-corrected chi connectivity index (χ3v) is 1.86. The number of rotatable bonds is 5. The van der Waals surface area contributed by atoms with E-state index in [0.717, 1.165) is 11.6 Å². The Bertz CT molecular complexity index is 424. The van der Waals surface area contributed by atoms with Gasteiger partial charge in [0.1, 0.15) is 0 Å². The molecule has 0 aromatic heterocycles. The first-order chi connectivity index (χ1) is 8.22. The van der Waals surface area contributed by atoms with Crippen molar-refractivity contribution >= 4 is 18.0 Å². The van der Waals surface area contributed by atoms with Gasteiger partial charge in [-0.25, -0.2) is 4.79 Å². The maximum absolute atomic E-state index is 11.2. The summed E-state index contributed by atoms with van der Waals surface area (Å²) in [4.78, 5) is 21.9. The van der Waals surface area contributed by atoms with Crippen molar-refractivity contribution in [3.63, 3.8) is 0 Å². The van der Waals surface area contributed by atoms with E-state index in [1.807, 2.05) is 30.3 Å². The SMILES string of the molecule is C=CC(=O)NCOC(=O)C=Cc1ccccc1. The van der Waals surface area contributed by atoms with Crippen molar-refractivity contribution < 1.29 is 14.3 Å². The first-order valence-electron chi connectivity index (χ1n) is 5.02. The van der Waals surface area contributed by atoms with Crippen molar-refractivity contribution in [1.82, 2.24) is 5.32 Å². The second-order valence-electron chi connectivity index (χ2n) is 3.10. The van der Waals surface area contributed by atoms with Crippen LogP contribution in [0.15, 0.2) is 49.1 Å². The van der Waals surface area contributed by atoms with Crippen LogP contribution in [0.25, 0.3) is 6.08 Å². The van der Waals surface area contributed by atoms with Gasteiger partial charge in [0, 0.05) is 6.08 Å². The minimum Gasteiger partial charge on any atom is -0.441 e. The first kappa shape index (κ1) is 12.7. The van der Waals surface area contributed by atoms with E-state index in [-0.39, 0.29) is 12.6 Å². The van der Waals surface area contributed by atoms with Gasteiger partial charge in [0.05, 0.1) is 0 Å². The molecule has 1 rings (SSSR count). The lowest BCUT2D eigenvalue weighted by molar-refractivity contribution is -0.139. The molecule has 0 unspecified atom stereocenters. The van der Waals surface area contributed by atoms with Gasteiger partial charge < -0.3 is 10.1 Å². The molecule has 0 saturated carbocycles. The monoisotopic (exact) mass is 231 g/mol. The Hall–Kier alpha value is -2.36. The summed E-state index contributed by atoms with van der Waals surface area (Å²) in [5, 5.41) is 2.33. The highest BCUT2D eigenvalue weighted by molar-refractivity contribution is 5.88. The van der Waals surface area contributed by atoms with Crippen LogP contribution in [0.5, 0.6) is 0 Å². The molecule has 1 aromatic rings. The molecule has 0 spiro atoms. The van der Waals surface area contributed by atoms with Crippen LogP contribution >= 0.6 is 0 Å². The number of hydrogen-bond donors (Lipinski definition) is 1. The van der Waals surface area contributed by atoms with Crippen LogP contribution in [0.3, 0.4) is 0 Å². The van der Waals surface area contributed by atoms with E-state index in [2.05, 4.69) is 11.9 Å². The van der Waals surface area contributed by atoms with Gasteiger partial charge in [-0.1, -0.05) is 36.9 Å². The smallest absolute Gasteiger partial charge is 0.332 e. The number of carbonyl (C=O) groups excluding carboxylic acids is 2. The molecule has 1 N–H and O–H groups in total. The van der Waals surface area contributed by atoms with Crippen LogP contribution in [0.2, 0.25) is 0 Å². The Kier molecular flexibility index (Phi) is 5.24. The largest absolute Gasteiger partial charge is 0.441 e. The van der Waals surface area contributed by atoms with Gasteiger partial charge in [-0.15, -0.1) is 0 Å². The molecule has 0 heterocycles. The molecule has 0 aliphatic heterocycles. The highest BCUT2D eigenvalue weighted by Gasteiger charge is 1.97. The van der Waals surface area contributed by atoms with Crippen LogP contribution in [0, 0.1) is 0 Å². The lowest BCUT2D eigenvalue weighted by Crippen LogP contribution is -2.25. The number of hydrogen-bond acceptors (Lipinski definition) is 3. The van der Waals surface area contributed by atoms with Crippen molar-refractivity contribution in [1.29, 1.82) is 0 Å². The molecule has 4 nitrogen and oxygen atoms in total. The van der Waals surface area contributed by atoms with E-state index in [9.17, 15) is 9.59 Å². The molecule has 4 heteroatoms. The summed E-state index contributed by atoms with van der Waals surface area (Å²) in [5.41, 5.74) is 0.902. The fourth-order valence-electron chi connectivity index (χ4n) is 1.03. The number of nitrogens with one attached hydrogen (secondary N) is 1. The van der Waals surface area contributed by atoms with Crippen LogP contribution in [-0.4, -0.2) is 18.6 Å². The van der Waals surface area contributed by atoms with Crippen LogP contribution < -0.4 is 5.32 Å². The van der Waals surface area contributed by atoms with Crippen LogP contribution in [-0.2, 0) is 14.3 Å². The number of esters is 1. The van der Waals surface area contributed by atoms with E-state index in [1.165, 1.54) is 6.08 Å². The molecule has 0 atom stereocenters. The Labute approximate surface area is 99.6 Å². The maximum atomic E-state index is 11.2. The number of amides is 1. The van der Waals surface area contributed by atoms with Crippen molar-refractivity contribution in [2.75, 3.05) is 6.73 Å². The average molecular weight is 231 g/mol. The van der Waals surface area contributed by atoms with Crippen LogP contribution in [0.4, 0.5) is 0 Å². The van der Waals surface area contributed by atoms with Crippen molar-refractivity contribution in [2.24, 2.45) is 0 Å². The molecule has 17 heavy (non-hydrogen) atoms. The van der Waals surface area contributed by atoms with Gasteiger partial charge in [-0.3, -0.25) is 4.79 Å². The molecular weight excluding hydrogens is 218 g/mol. The summed E-state index contributed by atoms with van der Waals surface area (Å²) in [7, 11) is 0. The molecule has 0 fully saturated rings. The van der Waals surface area contributed by atoms with Crippen LogP contribution in [0.1, 0.15) is 5.56 Å². The lowest BCUT2D eigenvalue weighted by Gasteiger charge is -2.01. The van der Waals surface area contributed by atoms with Gasteiger partial charge in [0.25, 0.3) is 0 Å². The molecule has 1 aromatic carbocycles. The summed E-state index contributed by atoms with van der Waals surface area (Å²) in [6.07, 6.45) is 4.04. The van der Waals surface area contributed by atoms with Gasteiger partial charge in [0.15, 0.2) is 6.73 Å².